The summed E-state index contributed by atoms with van der Waals surface area (Å²) in [4.78, 5) is 8.18. The van der Waals surface area contributed by atoms with Gasteiger partial charge in [0.15, 0.2) is 0 Å². The van der Waals surface area contributed by atoms with Crippen LogP contribution in [0.4, 0.5) is 21.7 Å². The van der Waals surface area contributed by atoms with Gasteiger partial charge < -0.3 is 11.1 Å². The summed E-state index contributed by atoms with van der Waals surface area (Å²) < 4.78 is 13.6. The van der Waals surface area contributed by atoms with Crippen LogP contribution in [0, 0.1) is 5.82 Å². The number of rotatable bonds is 4. The van der Waals surface area contributed by atoms with Crippen molar-refractivity contribution in [1.82, 2.24) is 9.97 Å². The standard InChI is InChI=1S/C13H14BrFN4/c1-2-3-9-12(16)17-7-18-13(9)19-8-4-5-11(15)10(14)6-8/h4-7H,2-3H2,1H3,(H3,16,17,18,19). The molecular formula is C13H14BrFN4. The molecule has 0 spiro atoms. The van der Waals surface area contributed by atoms with Crippen LogP contribution in [0.15, 0.2) is 29.0 Å². The van der Waals surface area contributed by atoms with E-state index in [0.29, 0.717) is 16.1 Å². The Labute approximate surface area is 119 Å². The first-order chi connectivity index (χ1) is 9.11. The minimum Gasteiger partial charge on any atom is -0.383 e. The van der Waals surface area contributed by atoms with Gasteiger partial charge in [-0.3, -0.25) is 0 Å². The predicted octanol–water partition coefficient (Wildman–Crippen LogP) is 3.66. The molecule has 19 heavy (non-hydrogen) atoms. The van der Waals surface area contributed by atoms with Gasteiger partial charge in [0.1, 0.15) is 23.8 Å². The molecule has 1 aromatic carbocycles. The summed E-state index contributed by atoms with van der Waals surface area (Å²) in [5.74, 6) is 0.829. The summed E-state index contributed by atoms with van der Waals surface area (Å²) in [6.07, 6.45) is 3.14. The zero-order valence-corrected chi connectivity index (χ0v) is 12.0. The van der Waals surface area contributed by atoms with Crippen LogP contribution in [0.1, 0.15) is 18.9 Å². The fraction of sp³-hybridized carbons (Fsp3) is 0.231. The second-order valence-electron chi connectivity index (χ2n) is 4.09. The number of nitrogens with zero attached hydrogens (tertiary/aromatic N) is 2. The Bertz CT molecular complexity index is 589. The van der Waals surface area contributed by atoms with E-state index in [4.69, 9.17) is 5.73 Å². The van der Waals surface area contributed by atoms with Crippen LogP contribution >= 0.6 is 15.9 Å². The molecule has 0 atom stereocenters. The van der Waals surface area contributed by atoms with Crippen LogP contribution in [0.3, 0.4) is 0 Å². The normalized spacial score (nSPS) is 10.5. The average molecular weight is 325 g/mol. The molecule has 6 heteroatoms. The van der Waals surface area contributed by atoms with E-state index in [2.05, 4.69) is 38.1 Å². The summed E-state index contributed by atoms with van der Waals surface area (Å²) >= 11 is 3.15. The molecule has 0 aliphatic heterocycles. The lowest BCUT2D eigenvalue weighted by Crippen LogP contribution is -2.05. The molecule has 0 aliphatic carbocycles. The molecule has 0 amide bonds. The van der Waals surface area contributed by atoms with Crippen molar-refractivity contribution in [3.05, 3.63) is 40.4 Å². The fourth-order valence-corrected chi connectivity index (χ4v) is 2.12. The largest absolute Gasteiger partial charge is 0.383 e. The van der Waals surface area contributed by atoms with E-state index in [1.54, 1.807) is 12.1 Å². The van der Waals surface area contributed by atoms with Gasteiger partial charge in [0.25, 0.3) is 0 Å². The average Bonchev–Trinajstić information content (AvgIpc) is 2.38. The summed E-state index contributed by atoms with van der Waals surface area (Å²) in [6.45, 7) is 2.06. The third-order valence-corrected chi connectivity index (χ3v) is 3.27. The number of benzene rings is 1. The van der Waals surface area contributed by atoms with E-state index in [9.17, 15) is 4.39 Å². The topological polar surface area (TPSA) is 63.8 Å². The van der Waals surface area contributed by atoms with Crippen LogP contribution < -0.4 is 11.1 Å². The molecule has 0 saturated carbocycles. The molecule has 0 saturated heterocycles. The van der Waals surface area contributed by atoms with Crippen molar-refractivity contribution in [2.45, 2.75) is 19.8 Å². The van der Waals surface area contributed by atoms with E-state index in [0.717, 1.165) is 24.1 Å². The fourth-order valence-electron chi connectivity index (χ4n) is 1.74. The first kappa shape index (κ1) is 13.7. The van der Waals surface area contributed by atoms with Crippen molar-refractivity contribution in [1.29, 1.82) is 0 Å². The quantitative estimate of drug-likeness (QED) is 0.900. The molecule has 0 unspecified atom stereocenters. The zero-order valence-electron chi connectivity index (χ0n) is 10.5. The van der Waals surface area contributed by atoms with Crippen molar-refractivity contribution in [3.63, 3.8) is 0 Å². The molecule has 100 valence electrons. The minimum absolute atomic E-state index is 0.304. The Morgan fingerprint density at radius 2 is 2.16 bits per heavy atom. The summed E-state index contributed by atoms with van der Waals surface area (Å²) in [5.41, 5.74) is 7.47. The van der Waals surface area contributed by atoms with Crippen LogP contribution in [-0.2, 0) is 6.42 Å². The second kappa shape index (κ2) is 5.97. The highest BCUT2D eigenvalue weighted by molar-refractivity contribution is 9.10. The molecule has 4 nitrogen and oxygen atoms in total. The first-order valence-electron chi connectivity index (χ1n) is 5.93. The molecule has 0 fully saturated rings. The van der Waals surface area contributed by atoms with Gasteiger partial charge in [0.2, 0.25) is 0 Å². The number of nitrogens with two attached hydrogens (primary N) is 1. The van der Waals surface area contributed by atoms with Gasteiger partial charge in [-0.15, -0.1) is 0 Å². The van der Waals surface area contributed by atoms with Gasteiger partial charge in [-0.1, -0.05) is 13.3 Å². The number of hydrogen-bond acceptors (Lipinski definition) is 4. The Hall–Kier alpha value is -1.69. The van der Waals surface area contributed by atoms with Crippen molar-refractivity contribution in [2.24, 2.45) is 0 Å². The van der Waals surface area contributed by atoms with Crippen molar-refractivity contribution >= 4 is 33.3 Å². The lowest BCUT2D eigenvalue weighted by atomic mass is 10.1. The van der Waals surface area contributed by atoms with E-state index in [1.807, 2.05) is 0 Å². The molecule has 2 rings (SSSR count). The van der Waals surface area contributed by atoms with E-state index in [-0.39, 0.29) is 5.82 Å². The Morgan fingerprint density at radius 1 is 1.37 bits per heavy atom. The van der Waals surface area contributed by atoms with Crippen LogP contribution in [-0.4, -0.2) is 9.97 Å². The molecule has 3 N–H and O–H groups in total. The van der Waals surface area contributed by atoms with Crippen LogP contribution in [0.2, 0.25) is 0 Å². The zero-order chi connectivity index (χ0) is 13.8. The van der Waals surface area contributed by atoms with Crippen molar-refractivity contribution < 1.29 is 4.39 Å². The second-order valence-corrected chi connectivity index (χ2v) is 4.94. The molecule has 0 aliphatic rings. The Morgan fingerprint density at radius 3 is 2.84 bits per heavy atom. The highest BCUT2D eigenvalue weighted by Crippen LogP contribution is 2.26. The summed E-state index contributed by atoms with van der Waals surface area (Å²) in [7, 11) is 0. The Kier molecular flexibility index (Phi) is 4.31. The highest BCUT2D eigenvalue weighted by Gasteiger charge is 2.09. The monoisotopic (exact) mass is 324 g/mol. The predicted molar refractivity (Wildman–Crippen MR) is 77.8 cm³/mol. The number of nitrogen functional groups attached to an aromatic ring is 1. The van der Waals surface area contributed by atoms with Gasteiger partial charge in [-0.2, -0.15) is 0 Å². The molecule has 1 aromatic heterocycles. The first-order valence-corrected chi connectivity index (χ1v) is 6.72. The minimum atomic E-state index is -0.304. The lowest BCUT2D eigenvalue weighted by molar-refractivity contribution is 0.621. The maximum atomic E-state index is 13.2. The number of halogens is 2. The number of hydrogen-bond donors (Lipinski definition) is 2. The van der Waals surface area contributed by atoms with Crippen molar-refractivity contribution in [2.75, 3.05) is 11.1 Å². The van der Waals surface area contributed by atoms with Gasteiger partial charge in [0, 0.05) is 11.3 Å². The van der Waals surface area contributed by atoms with Crippen LogP contribution in [0.5, 0.6) is 0 Å². The van der Waals surface area contributed by atoms with Crippen LogP contribution in [0.25, 0.3) is 0 Å². The SMILES string of the molecule is CCCc1c(N)ncnc1Nc1ccc(F)c(Br)c1. The lowest BCUT2D eigenvalue weighted by Gasteiger charge is -2.12. The maximum absolute atomic E-state index is 13.2. The molecular weight excluding hydrogens is 311 g/mol. The number of aromatic nitrogens is 2. The van der Waals surface area contributed by atoms with E-state index >= 15 is 0 Å². The molecule has 0 bridgehead atoms. The van der Waals surface area contributed by atoms with Gasteiger partial charge in [-0.05, 0) is 40.5 Å². The number of nitrogens with one attached hydrogen (secondary N) is 1. The van der Waals surface area contributed by atoms with E-state index < -0.39 is 0 Å². The maximum Gasteiger partial charge on any atom is 0.139 e. The van der Waals surface area contributed by atoms with Gasteiger partial charge in [0.05, 0.1) is 4.47 Å². The van der Waals surface area contributed by atoms with Gasteiger partial charge in [-0.25, -0.2) is 14.4 Å². The number of anilines is 3. The smallest absolute Gasteiger partial charge is 0.139 e. The highest BCUT2D eigenvalue weighted by atomic mass is 79.9. The molecule has 0 radical (unpaired) electrons. The van der Waals surface area contributed by atoms with Gasteiger partial charge >= 0.3 is 0 Å². The summed E-state index contributed by atoms with van der Waals surface area (Å²) in [5, 5.41) is 3.14. The Balaban J connectivity index is 2.32. The van der Waals surface area contributed by atoms with E-state index in [1.165, 1.54) is 12.4 Å². The molecule has 1 heterocycles. The third-order valence-electron chi connectivity index (χ3n) is 2.66. The molecule has 2 aromatic rings. The summed E-state index contributed by atoms with van der Waals surface area (Å²) in [6, 6.07) is 4.69. The van der Waals surface area contributed by atoms with Crippen molar-refractivity contribution in [3.8, 4) is 0 Å². The third kappa shape index (κ3) is 3.20.